The van der Waals surface area contributed by atoms with E-state index in [0.29, 0.717) is 18.8 Å². The molecule has 2 rings (SSSR count). The maximum absolute atomic E-state index is 12.0. The second kappa shape index (κ2) is 6.33. The van der Waals surface area contributed by atoms with E-state index < -0.39 is 0 Å². The van der Waals surface area contributed by atoms with Crippen LogP contribution >= 0.6 is 11.3 Å². The van der Waals surface area contributed by atoms with Crippen LogP contribution in [0.15, 0.2) is 41.1 Å². The van der Waals surface area contributed by atoms with Gasteiger partial charge in [0.15, 0.2) is 5.78 Å². The van der Waals surface area contributed by atoms with E-state index in [9.17, 15) is 4.79 Å². The quantitative estimate of drug-likeness (QED) is 0.593. The average molecular weight is 262 g/mol. The predicted molar refractivity (Wildman–Crippen MR) is 71.6 cm³/mol. The number of carbonyl (C=O) groups is 1. The number of ketones is 1. The molecule has 0 saturated carbocycles. The summed E-state index contributed by atoms with van der Waals surface area (Å²) in [5.74, 6) is 0.786. The standard InChI is InChI=1S/C14H14O3S/c1-16-7-8-17-13-4-2-11(3-5-13)14(15)12-6-9-18-10-12/h2-6,9-10H,7-8H2,1H3. The van der Waals surface area contributed by atoms with Crippen molar-refractivity contribution >= 4 is 17.1 Å². The maximum Gasteiger partial charge on any atom is 0.193 e. The van der Waals surface area contributed by atoms with Crippen molar-refractivity contribution in [3.8, 4) is 5.75 Å². The summed E-state index contributed by atoms with van der Waals surface area (Å²) in [6.45, 7) is 1.06. The minimum absolute atomic E-state index is 0.0414. The Morgan fingerprint density at radius 2 is 1.89 bits per heavy atom. The first-order valence-corrected chi connectivity index (χ1v) is 6.54. The molecule has 0 bridgehead atoms. The summed E-state index contributed by atoms with van der Waals surface area (Å²) in [6, 6.07) is 8.99. The first kappa shape index (κ1) is 12.8. The highest BCUT2D eigenvalue weighted by Crippen LogP contribution is 2.16. The number of carbonyl (C=O) groups excluding carboxylic acids is 1. The molecule has 0 amide bonds. The van der Waals surface area contributed by atoms with Gasteiger partial charge in [0.25, 0.3) is 0 Å². The van der Waals surface area contributed by atoms with Gasteiger partial charge in [-0.3, -0.25) is 4.79 Å². The fourth-order valence-electron chi connectivity index (χ4n) is 1.51. The van der Waals surface area contributed by atoms with Crippen molar-refractivity contribution in [3.63, 3.8) is 0 Å². The van der Waals surface area contributed by atoms with Gasteiger partial charge in [0.2, 0.25) is 0 Å². The number of ether oxygens (including phenoxy) is 2. The molecule has 1 heterocycles. The monoisotopic (exact) mass is 262 g/mol. The summed E-state index contributed by atoms with van der Waals surface area (Å²) in [5.41, 5.74) is 1.40. The summed E-state index contributed by atoms with van der Waals surface area (Å²) < 4.78 is 10.3. The van der Waals surface area contributed by atoms with E-state index in [1.54, 1.807) is 31.4 Å². The largest absolute Gasteiger partial charge is 0.491 e. The van der Waals surface area contributed by atoms with Gasteiger partial charge in [-0.25, -0.2) is 0 Å². The van der Waals surface area contributed by atoms with Crippen LogP contribution in [-0.2, 0) is 4.74 Å². The molecule has 4 heteroatoms. The highest BCUT2D eigenvalue weighted by Gasteiger charge is 2.08. The van der Waals surface area contributed by atoms with Gasteiger partial charge in [-0.1, -0.05) is 0 Å². The molecule has 0 aliphatic rings. The average Bonchev–Trinajstić information content (AvgIpc) is 2.93. The lowest BCUT2D eigenvalue weighted by atomic mass is 10.1. The molecule has 2 aromatic rings. The summed E-state index contributed by atoms with van der Waals surface area (Å²) >= 11 is 1.52. The Morgan fingerprint density at radius 1 is 1.11 bits per heavy atom. The van der Waals surface area contributed by atoms with Gasteiger partial charge in [0.1, 0.15) is 12.4 Å². The van der Waals surface area contributed by atoms with Gasteiger partial charge < -0.3 is 9.47 Å². The number of benzene rings is 1. The third-order valence-corrected chi connectivity index (χ3v) is 3.14. The van der Waals surface area contributed by atoms with Crippen LogP contribution in [0.3, 0.4) is 0 Å². The molecule has 3 nitrogen and oxygen atoms in total. The van der Waals surface area contributed by atoms with Crippen molar-refractivity contribution in [2.24, 2.45) is 0 Å². The third-order valence-electron chi connectivity index (χ3n) is 2.46. The summed E-state index contributed by atoms with van der Waals surface area (Å²) in [4.78, 5) is 12.0. The topological polar surface area (TPSA) is 35.5 Å². The highest BCUT2D eigenvalue weighted by molar-refractivity contribution is 7.08. The van der Waals surface area contributed by atoms with Crippen LogP contribution < -0.4 is 4.74 Å². The van der Waals surface area contributed by atoms with Gasteiger partial charge in [-0.2, -0.15) is 11.3 Å². The van der Waals surface area contributed by atoms with E-state index in [4.69, 9.17) is 9.47 Å². The summed E-state index contributed by atoms with van der Waals surface area (Å²) in [7, 11) is 1.63. The summed E-state index contributed by atoms with van der Waals surface area (Å²) in [6.07, 6.45) is 0. The molecule has 0 N–H and O–H groups in total. The van der Waals surface area contributed by atoms with E-state index >= 15 is 0 Å². The van der Waals surface area contributed by atoms with Crippen LogP contribution in [0.1, 0.15) is 15.9 Å². The fraction of sp³-hybridized carbons (Fsp3) is 0.214. The molecule has 0 spiro atoms. The molecule has 0 aliphatic heterocycles. The van der Waals surface area contributed by atoms with Crippen LogP contribution in [0, 0.1) is 0 Å². The van der Waals surface area contributed by atoms with E-state index in [1.165, 1.54) is 11.3 Å². The van der Waals surface area contributed by atoms with E-state index in [1.807, 2.05) is 16.8 Å². The van der Waals surface area contributed by atoms with Gasteiger partial charge in [-0.15, -0.1) is 0 Å². The molecule has 94 valence electrons. The molecule has 0 radical (unpaired) electrons. The Bertz CT molecular complexity index is 488. The van der Waals surface area contributed by atoms with Crippen molar-refractivity contribution in [2.45, 2.75) is 0 Å². The van der Waals surface area contributed by atoms with Crippen molar-refractivity contribution in [3.05, 3.63) is 52.2 Å². The lowest BCUT2D eigenvalue weighted by Crippen LogP contribution is -2.04. The normalized spacial score (nSPS) is 10.3. The van der Waals surface area contributed by atoms with E-state index in [-0.39, 0.29) is 5.78 Å². The van der Waals surface area contributed by atoms with Crippen molar-refractivity contribution in [1.29, 1.82) is 0 Å². The molecule has 0 fully saturated rings. The van der Waals surface area contributed by atoms with E-state index in [0.717, 1.165) is 11.3 Å². The molecule has 1 aromatic carbocycles. The van der Waals surface area contributed by atoms with E-state index in [2.05, 4.69) is 0 Å². The zero-order valence-corrected chi connectivity index (χ0v) is 10.9. The molecule has 0 saturated heterocycles. The SMILES string of the molecule is COCCOc1ccc(C(=O)c2ccsc2)cc1. The Kier molecular flexibility index (Phi) is 4.50. The molecule has 0 aliphatic carbocycles. The third kappa shape index (κ3) is 3.18. The molecule has 0 atom stereocenters. The van der Waals surface area contributed by atoms with Gasteiger partial charge >= 0.3 is 0 Å². The predicted octanol–water partition coefficient (Wildman–Crippen LogP) is 3.00. The van der Waals surface area contributed by atoms with Gasteiger partial charge in [0.05, 0.1) is 6.61 Å². The van der Waals surface area contributed by atoms with Crippen LogP contribution in [0.5, 0.6) is 5.75 Å². The maximum atomic E-state index is 12.0. The zero-order valence-electron chi connectivity index (χ0n) is 10.1. The minimum Gasteiger partial charge on any atom is -0.491 e. The van der Waals surface area contributed by atoms with Gasteiger partial charge in [-0.05, 0) is 35.7 Å². The zero-order chi connectivity index (χ0) is 12.8. The Hall–Kier alpha value is -1.65. The van der Waals surface area contributed by atoms with Crippen LogP contribution in [0.2, 0.25) is 0 Å². The Labute approximate surface area is 110 Å². The molecule has 1 aromatic heterocycles. The minimum atomic E-state index is 0.0414. The number of methoxy groups -OCH3 is 1. The first-order chi connectivity index (χ1) is 8.81. The van der Waals surface area contributed by atoms with Crippen LogP contribution in [0.4, 0.5) is 0 Å². The Balaban J connectivity index is 2.01. The van der Waals surface area contributed by atoms with Crippen molar-refractivity contribution in [2.75, 3.05) is 20.3 Å². The van der Waals surface area contributed by atoms with Gasteiger partial charge in [0, 0.05) is 23.6 Å². The molecule has 0 unspecified atom stereocenters. The summed E-state index contributed by atoms with van der Waals surface area (Å²) in [5, 5.41) is 3.75. The second-order valence-electron chi connectivity index (χ2n) is 3.71. The first-order valence-electron chi connectivity index (χ1n) is 5.60. The van der Waals surface area contributed by atoms with Crippen LogP contribution in [0.25, 0.3) is 0 Å². The molecular weight excluding hydrogens is 248 g/mol. The molecular formula is C14H14O3S. The number of rotatable bonds is 6. The van der Waals surface area contributed by atoms with Crippen molar-refractivity contribution < 1.29 is 14.3 Å². The lowest BCUT2D eigenvalue weighted by Gasteiger charge is -2.05. The van der Waals surface area contributed by atoms with Crippen molar-refractivity contribution in [1.82, 2.24) is 0 Å². The second-order valence-corrected chi connectivity index (χ2v) is 4.49. The number of hydrogen-bond acceptors (Lipinski definition) is 4. The number of hydrogen-bond donors (Lipinski definition) is 0. The lowest BCUT2D eigenvalue weighted by molar-refractivity contribution is 0.103. The highest BCUT2D eigenvalue weighted by atomic mass is 32.1. The van der Waals surface area contributed by atoms with Crippen LogP contribution in [-0.4, -0.2) is 26.1 Å². The fourth-order valence-corrected chi connectivity index (χ4v) is 2.14. The Morgan fingerprint density at radius 3 is 2.50 bits per heavy atom. The number of thiophene rings is 1. The molecule has 18 heavy (non-hydrogen) atoms. The smallest absolute Gasteiger partial charge is 0.193 e.